The molecule has 0 amide bonds. The molecule has 1 heterocycles. The Morgan fingerprint density at radius 1 is 1.67 bits per heavy atom. The Kier molecular flexibility index (Phi) is 3.52. The molecule has 1 unspecified atom stereocenters. The van der Waals surface area contributed by atoms with Crippen LogP contribution in [0, 0.1) is 0 Å². The Hall–Kier alpha value is -1.11. The monoisotopic (exact) mass is 161 g/mol. The number of pyridine rings is 1. The fraction of sp³-hybridized carbons (Fsp3) is 0.364. The molecule has 0 aliphatic rings. The highest BCUT2D eigenvalue weighted by Gasteiger charge is 2.04. The number of nitrogens with zero attached hydrogens (tertiary/aromatic N) is 1. The SMILES string of the molecule is C=CC(CCC)c1cccnc1. The topological polar surface area (TPSA) is 12.9 Å². The number of aromatic nitrogens is 1. The van der Waals surface area contributed by atoms with Gasteiger partial charge in [-0.2, -0.15) is 0 Å². The zero-order chi connectivity index (χ0) is 8.81. The lowest BCUT2D eigenvalue weighted by atomic mass is 9.96. The molecule has 0 aliphatic heterocycles. The summed E-state index contributed by atoms with van der Waals surface area (Å²) in [5.74, 6) is 0.476. The average Bonchev–Trinajstić information content (AvgIpc) is 2.15. The summed E-state index contributed by atoms with van der Waals surface area (Å²) in [5, 5.41) is 0. The average molecular weight is 161 g/mol. The van der Waals surface area contributed by atoms with Crippen molar-refractivity contribution in [2.45, 2.75) is 25.7 Å². The first kappa shape index (κ1) is 8.98. The van der Waals surface area contributed by atoms with Crippen molar-refractivity contribution in [3.63, 3.8) is 0 Å². The third-order valence-electron chi connectivity index (χ3n) is 2.00. The largest absolute Gasteiger partial charge is 0.264 e. The zero-order valence-corrected chi connectivity index (χ0v) is 7.53. The van der Waals surface area contributed by atoms with Crippen LogP contribution in [0.2, 0.25) is 0 Å². The third kappa shape index (κ3) is 2.19. The number of allylic oxidation sites excluding steroid dienone is 1. The minimum Gasteiger partial charge on any atom is -0.264 e. The van der Waals surface area contributed by atoms with E-state index in [4.69, 9.17) is 0 Å². The summed E-state index contributed by atoms with van der Waals surface area (Å²) in [7, 11) is 0. The molecule has 0 aliphatic carbocycles. The summed E-state index contributed by atoms with van der Waals surface area (Å²) in [6.45, 7) is 6.02. The van der Waals surface area contributed by atoms with Gasteiger partial charge in [-0.25, -0.2) is 0 Å². The van der Waals surface area contributed by atoms with E-state index < -0.39 is 0 Å². The Labute approximate surface area is 74.2 Å². The zero-order valence-electron chi connectivity index (χ0n) is 7.53. The maximum Gasteiger partial charge on any atom is 0.0305 e. The molecule has 0 radical (unpaired) electrons. The highest BCUT2D eigenvalue weighted by Crippen LogP contribution is 2.20. The van der Waals surface area contributed by atoms with E-state index in [0.29, 0.717) is 5.92 Å². The van der Waals surface area contributed by atoms with Crippen LogP contribution >= 0.6 is 0 Å². The minimum atomic E-state index is 0.476. The quantitative estimate of drug-likeness (QED) is 0.618. The number of hydrogen-bond acceptors (Lipinski definition) is 1. The Balaban J connectivity index is 2.73. The van der Waals surface area contributed by atoms with Crippen LogP contribution in [-0.2, 0) is 0 Å². The second kappa shape index (κ2) is 4.70. The van der Waals surface area contributed by atoms with Crippen molar-refractivity contribution in [3.05, 3.63) is 42.7 Å². The molecular weight excluding hydrogens is 146 g/mol. The van der Waals surface area contributed by atoms with E-state index in [2.05, 4.69) is 24.6 Å². The van der Waals surface area contributed by atoms with Gasteiger partial charge in [0.05, 0.1) is 0 Å². The molecule has 0 saturated heterocycles. The Morgan fingerprint density at radius 3 is 3.00 bits per heavy atom. The lowest BCUT2D eigenvalue weighted by Crippen LogP contribution is -1.94. The third-order valence-corrected chi connectivity index (χ3v) is 2.00. The van der Waals surface area contributed by atoms with Crippen molar-refractivity contribution in [1.82, 2.24) is 4.98 Å². The molecule has 12 heavy (non-hydrogen) atoms. The van der Waals surface area contributed by atoms with Gasteiger partial charge in [-0.3, -0.25) is 4.98 Å². The first-order chi connectivity index (χ1) is 5.88. The number of rotatable bonds is 4. The van der Waals surface area contributed by atoms with E-state index in [-0.39, 0.29) is 0 Å². The molecule has 1 heteroatoms. The molecule has 1 atom stereocenters. The summed E-state index contributed by atoms with van der Waals surface area (Å²) in [5.41, 5.74) is 1.27. The van der Waals surface area contributed by atoms with Gasteiger partial charge in [0.1, 0.15) is 0 Å². The number of hydrogen-bond donors (Lipinski definition) is 0. The van der Waals surface area contributed by atoms with Gasteiger partial charge in [-0.15, -0.1) is 6.58 Å². The lowest BCUT2D eigenvalue weighted by molar-refractivity contribution is 0.716. The first-order valence-electron chi connectivity index (χ1n) is 4.41. The van der Waals surface area contributed by atoms with Crippen LogP contribution in [0.25, 0.3) is 0 Å². The smallest absolute Gasteiger partial charge is 0.0305 e. The van der Waals surface area contributed by atoms with Crippen LogP contribution in [0.3, 0.4) is 0 Å². The molecule has 0 spiro atoms. The van der Waals surface area contributed by atoms with E-state index in [1.165, 1.54) is 12.0 Å². The van der Waals surface area contributed by atoms with Crippen LogP contribution in [0.1, 0.15) is 31.2 Å². The van der Waals surface area contributed by atoms with Crippen LogP contribution in [-0.4, -0.2) is 4.98 Å². The molecule has 64 valence electrons. The van der Waals surface area contributed by atoms with E-state index in [1.807, 2.05) is 18.3 Å². The van der Waals surface area contributed by atoms with Crippen molar-refractivity contribution in [2.75, 3.05) is 0 Å². The van der Waals surface area contributed by atoms with Crippen molar-refractivity contribution < 1.29 is 0 Å². The molecule has 0 saturated carbocycles. The van der Waals surface area contributed by atoms with Gasteiger partial charge in [0.15, 0.2) is 0 Å². The van der Waals surface area contributed by atoms with E-state index >= 15 is 0 Å². The normalized spacial score (nSPS) is 12.4. The standard InChI is InChI=1S/C11H15N/c1-3-6-10(4-2)11-7-5-8-12-9-11/h4-5,7-10H,2-3,6H2,1H3. The molecule has 1 nitrogen and oxygen atoms in total. The van der Waals surface area contributed by atoms with Crippen molar-refractivity contribution >= 4 is 0 Å². The van der Waals surface area contributed by atoms with Gasteiger partial charge < -0.3 is 0 Å². The van der Waals surface area contributed by atoms with Crippen molar-refractivity contribution in [3.8, 4) is 0 Å². The second-order valence-electron chi connectivity index (χ2n) is 2.92. The summed E-state index contributed by atoms with van der Waals surface area (Å²) in [4.78, 5) is 4.09. The molecule has 1 aromatic heterocycles. The Morgan fingerprint density at radius 2 is 2.50 bits per heavy atom. The highest BCUT2D eigenvalue weighted by molar-refractivity contribution is 5.18. The van der Waals surface area contributed by atoms with Gasteiger partial charge in [-0.1, -0.05) is 25.5 Å². The second-order valence-corrected chi connectivity index (χ2v) is 2.92. The lowest BCUT2D eigenvalue weighted by Gasteiger charge is -2.09. The molecule has 0 bridgehead atoms. The summed E-state index contributed by atoms with van der Waals surface area (Å²) in [6.07, 6.45) is 8.07. The summed E-state index contributed by atoms with van der Waals surface area (Å²) >= 11 is 0. The maximum absolute atomic E-state index is 4.09. The first-order valence-corrected chi connectivity index (χ1v) is 4.41. The van der Waals surface area contributed by atoms with E-state index in [0.717, 1.165) is 6.42 Å². The molecular formula is C11H15N. The summed E-state index contributed by atoms with van der Waals surface area (Å²) in [6, 6.07) is 4.08. The minimum absolute atomic E-state index is 0.476. The predicted molar refractivity (Wildman–Crippen MR) is 52.1 cm³/mol. The molecule has 0 aromatic carbocycles. The van der Waals surface area contributed by atoms with Crippen molar-refractivity contribution in [2.24, 2.45) is 0 Å². The maximum atomic E-state index is 4.09. The van der Waals surface area contributed by atoms with Gasteiger partial charge in [0.25, 0.3) is 0 Å². The van der Waals surface area contributed by atoms with Gasteiger partial charge >= 0.3 is 0 Å². The van der Waals surface area contributed by atoms with Gasteiger partial charge in [0, 0.05) is 18.3 Å². The van der Waals surface area contributed by atoms with Crippen LogP contribution in [0.4, 0.5) is 0 Å². The molecule has 1 aromatic rings. The van der Waals surface area contributed by atoms with Crippen LogP contribution in [0.15, 0.2) is 37.2 Å². The Bertz CT molecular complexity index is 228. The van der Waals surface area contributed by atoms with Crippen LogP contribution < -0.4 is 0 Å². The summed E-state index contributed by atoms with van der Waals surface area (Å²) < 4.78 is 0. The van der Waals surface area contributed by atoms with E-state index in [1.54, 1.807) is 6.20 Å². The fourth-order valence-corrected chi connectivity index (χ4v) is 1.33. The van der Waals surface area contributed by atoms with Crippen LogP contribution in [0.5, 0.6) is 0 Å². The molecule has 0 N–H and O–H groups in total. The predicted octanol–water partition coefficient (Wildman–Crippen LogP) is 3.15. The van der Waals surface area contributed by atoms with Crippen molar-refractivity contribution in [1.29, 1.82) is 0 Å². The van der Waals surface area contributed by atoms with Gasteiger partial charge in [-0.05, 0) is 18.1 Å². The van der Waals surface area contributed by atoms with E-state index in [9.17, 15) is 0 Å². The highest BCUT2D eigenvalue weighted by atomic mass is 14.6. The molecule has 1 rings (SSSR count). The fourth-order valence-electron chi connectivity index (χ4n) is 1.33. The van der Waals surface area contributed by atoms with Gasteiger partial charge in [0.2, 0.25) is 0 Å². The molecule has 0 fully saturated rings.